The molecule has 0 aliphatic carbocycles. The molecule has 3 aromatic carbocycles. The van der Waals surface area contributed by atoms with Crippen molar-refractivity contribution in [3.63, 3.8) is 0 Å². The van der Waals surface area contributed by atoms with E-state index in [4.69, 9.17) is 0 Å². The first-order valence-corrected chi connectivity index (χ1v) is 11.3. The van der Waals surface area contributed by atoms with Crippen LogP contribution in [0, 0.1) is 5.82 Å². The third kappa shape index (κ3) is 3.46. The van der Waals surface area contributed by atoms with E-state index in [1.54, 1.807) is 29.0 Å². The molecule has 0 fully saturated rings. The first-order valence-electron chi connectivity index (χ1n) is 11.3. The molecule has 0 bridgehead atoms. The van der Waals surface area contributed by atoms with Crippen LogP contribution in [-0.4, -0.2) is 29.3 Å². The van der Waals surface area contributed by atoms with Gasteiger partial charge in [-0.1, -0.05) is 54.6 Å². The third-order valence-electron chi connectivity index (χ3n) is 6.86. The van der Waals surface area contributed by atoms with Crippen molar-refractivity contribution in [1.29, 1.82) is 0 Å². The second-order valence-electron chi connectivity index (χ2n) is 9.23. The summed E-state index contributed by atoms with van der Waals surface area (Å²) in [7, 11) is 1.77. The van der Waals surface area contributed by atoms with E-state index in [9.17, 15) is 14.0 Å². The van der Waals surface area contributed by atoms with E-state index in [0.717, 1.165) is 16.9 Å². The second kappa shape index (κ2) is 8.13. The SMILES string of the molecule is CN1C(=O)C2=C(Nc3ccccc3N(C(=O)Cc3ccccc3)C2c2ccc(F)cc2)C1(C)C. The number of benzene rings is 3. The lowest BCUT2D eigenvalue weighted by Crippen LogP contribution is -2.43. The summed E-state index contributed by atoms with van der Waals surface area (Å²) in [4.78, 5) is 31.0. The summed E-state index contributed by atoms with van der Waals surface area (Å²) < 4.78 is 13.9. The van der Waals surface area contributed by atoms with E-state index in [2.05, 4.69) is 5.32 Å². The summed E-state index contributed by atoms with van der Waals surface area (Å²) in [6, 6.07) is 22.4. The van der Waals surface area contributed by atoms with E-state index >= 15 is 0 Å². The average molecular weight is 456 g/mol. The summed E-state index contributed by atoms with van der Waals surface area (Å²) in [5.41, 5.74) is 3.61. The highest BCUT2D eigenvalue weighted by Crippen LogP contribution is 2.48. The smallest absolute Gasteiger partial charge is 0.254 e. The fourth-order valence-electron chi connectivity index (χ4n) is 4.80. The number of para-hydroxylation sites is 2. The van der Waals surface area contributed by atoms with Gasteiger partial charge in [-0.2, -0.15) is 0 Å². The van der Waals surface area contributed by atoms with Gasteiger partial charge in [0.25, 0.3) is 5.91 Å². The number of hydrogen-bond acceptors (Lipinski definition) is 3. The van der Waals surface area contributed by atoms with Crippen molar-refractivity contribution in [2.45, 2.75) is 31.8 Å². The zero-order chi connectivity index (χ0) is 24.0. The van der Waals surface area contributed by atoms with Crippen LogP contribution < -0.4 is 10.2 Å². The maximum atomic E-state index is 13.9. The summed E-state index contributed by atoms with van der Waals surface area (Å²) in [6.45, 7) is 3.96. The highest BCUT2D eigenvalue weighted by atomic mass is 19.1. The average Bonchev–Trinajstić information content (AvgIpc) is 2.95. The molecule has 5 rings (SSSR count). The van der Waals surface area contributed by atoms with Crippen molar-refractivity contribution in [3.8, 4) is 0 Å². The van der Waals surface area contributed by atoms with Gasteiger partial charge in [-0.05, 0) is 49.2 Å². The highest BCUT2D eigenvalue weighted by molar-refractivity contribution is 6.07. The molecule has 34 heavy (non-hydrogen) atoms. The summed E-state index contributed by atoms with van der Waals surface area (Å²) in [5, 5.41) is 3.48. The minimum Gasteiger partial charge on any atom is -0.355 e. The van der Waals surface area contributed by atoms with Gasteiger partial charge in [0.2, 0.25) is 5.91 Å². The van der Waals surface area contributed by atoms with Gasteiger partial charge in [0.05, 0.1) is 40.6 Å². The Hall–Kier alpha value is -3.93. The minimum atomic E-state index is -0.709. The number of hydrogen-bond donors (Lipinski definition) is 1. The largest absolute Gasteiger partial charge is 0.355 e. The third-order valence-corrected chi connectivity index (χ3v) is 6.86. The molecule has 2 amide bonds. The predicted molar refractivity (Wildman–Crippen MR) is 131 cm³/mol. The van der Waals surface area contributed by atoms with E-state index in [1.807, 2.05) is 68.4 Å². The molecule has 6 heteroatoms. The molecule has 2 heterocycles. The monoisotopic (exact) mass is 455 g/mol. The van der Waals surface area contributed by atoms with Crippen molar-refractivity contribution in [2.24, 2.45) is 0 Å². The van der Waals surface area contributed by atoms with Crippen LogP contribution in [0.4, 0.5) is 15.8 Å². The molecular weight excluding hydrogens is 429 g/mol. The fourth-order valence-corrected chi connectivity index (χ4v) is 4.80. The van der Waals surface area contributed by atoms with Crippen LogP contribution in [0.1, 0.15) is 31.0 Å². The Balaban J connectivity index is 1.75. The van der Waals surface area contributed by atoms with Gasteiger partial charge in [-0.3, -0.25) is 14.5 Å². The number of nitrogens with one attached hydrogen (secondary N) is 1. The lowest BCUT2D eigenvalue weighted by molar-refractivity contribution is -0.127. The standard InChI is InChI=1S/C28H26FN3O2/c1-28(2)26-24(27(34)31(28)3)25(19-13-15-20(29)16-14-19)32(22-12-8-7-11-21(22)30-26)23(33)17-18-9-5-4-6-10-18/h4-16,25,30H,17H2,1-3H3. The van der Waals surface area contributed by atoms with Crippen LogP contribution in [0.2, 0.25) is 0 Å². The number of carbonyl (C=O) groups excluding carboxylic acids is 2. The summed E-state index contributed by atoms with van der Waals surface area (Å²) >= 11 is 0. The number of likely N-dealkylation sites (N-methyl/N-ethyl adjacent to an activating group) is 1. The van der Waals surface area contributed by atoms with Crippen LogP contribution in [0.3, 0.4) is 0 Å². The van der Waals surface area contributed by atoms with Crippen molar-refractivity contribution in [3.05, 3.63) is 107 Å². The second-order valence-corrected chi connectivity index (χ2v) is 9.23. The van der Waals surface area contributed by atoms with Gasteiger partial charge in [-0.15, -0.1) is 0 Å². The minimum absolute atomic E-state index is 0.149. The van der Waals surface area contributed by atoms with Gasteiger partial charge in [0.15, 0.2) is 0 Å². The lowest BCUT2D eigenvalue weighted by atomic mass is 9.92. The molecule has 2 aliphatic heterocycles. The quantitative estimate of drug-likeness (QED) is 0.600. The summed E-state index contributed by atoms with van der Waals surface area (Å²) in [6.07, 6.45) is 0.170. The Kier molecular flexibility index (Phi) is 5.24. The molecule has 0 radical (unpaired) electrons. The van der Waals surface area contributed by atoms with Gasteiger partial charge < -0.3 is 10.2 Å². The maximum Gasteiger partial charge on any atom is 0.254 e. The predicted octanol–water partition coefficient (Wildman–Crippen LogP) is 5.07. The normalized spacial score (nSPS) is 18.8. The molecule has 0 spiro atoms. The Bertz CT molecular complexity index is 1300. The Labute approximate surface area is 198 Å². The van der Waals surface area contributed by atoms with Gasteiger partial charge in [0, 0.05) is 7.05 Å². The molecule has 3 aromatic rings. The van der Waals surface area contributed by atoms with Crippen molar-refractivity contribution < 1.29 is 14.0 Å². The van der Waals surface area contributed by atoms with Crippen LogP contribution in [0.15, 0.2) is 90.1 Å². The van der Waals surface area contributed by atoms with E-state index in [1.165, 1.54) is 12.1 Å². The molecule has 5 nitrogen and oxygen atoms in total. The van der Waals surface area contributed by atoms with E-state index in [-0.39, 0.29) is 24.1 Å². The lowest BCUT2D eigenvalue weighted by Gasteiger charge is -2.34. The molecule has 2 aliphatic rings. The molecule has 1 N–H and O–H groups in total. The number of carbonyl (C=O) groups is 2. The fraction of sp³-hybridized carbons (Fsp3) is 0.214. The number of fused-ring (bicyclic) bond motifs is 1. The zero-order valence-corrected chi connectivity index (χ0v) is 19.4. The topological polar surface area (TPSA) is 52.7 Å². The number of anilines is 2. The molecule has 0 saturated carbocycles. The molecule has 1 unspecified atom stereocenters. The number of nitrogens with zero attached hydrogens (tertiary/aromatic N) is 2. The zero-order valence-electron chi connectivity index (χ0n) is 19.4. The molecule has 172 valence electrons. The van der Waals surface area contributed by atoms with Crippen molar-refractivity contribution in [1.82, 2.24) is 4.90 Å². The maximum absolute atomic E-state index is 13.9. The molecular formula is C28H26FN3O2. The Morgan fingerprint density at radius 1 is 0.971 bits per heavy atom. The Morgan fingerprint density at radius 3 is 2.32 bits per heavy atom. The van der Waals surface area contributed by atoms with Crippen LogP contribution >= 0.6 is 0 Å². The van der Waals surface area contributed by atoms with Gasteiger partial charge >= 0.3 is 0 Å². The molecule has 0 aromatic heterocycles. The molecule has 0 saturated heterocycles. The number of rotatable bonds is 3. The van der Waals surface area contributed by atoms with Crippen molar-refractivity contribution >= 4 is 23.2 Å². The van der Waals surface area contributed by atoms with Crippen LogP contribution in [0.5, 0.6) is 0 Å². The van der Waals surface area contributed by atoms with Crippen molar-refractivity contribution in [2.75, 3.05) is 17.3 Å². The van der Waals surface area contributed by atoms with Crippen LogP contribution in [0.25, 0.3) is 0 Å². The highest BCUT2D eigenvalue weighted by Gasteiger charge is 2.50. The molecule has 1 atom stereocenters. The van der Waals surface area contributed by atoms with E-state index in [0.29, 0.717) is 16.8 Å². The number of halogens is 1. The van der Waals surface area contributed by atoms with Gasteiger partial charge in [-0.25, -0.2) is 4.39 Å². The van der Waals surface area contributed by atoms with E-state index < -0.39 is 11.6 Å². The van der Waals surface area contributed by atoms with Crippen LogP contribution in [-0.2, 0) is 16.0 Å². The number of amides is 2. The first kappa shape index (κ1) is 21.9. The Morgan fingerprint density at radius 2 is 1.62 bits per heavy atom. The summed E-state index contributed by atoms with van der Waals surface area (Å²) in [5.74, 6) is -0.682. The first-order chi connectivity index (χ1) is 16.3. The van der Waals surface area contributed by atoms with Gasteiger partial charge in [0.1, 0.15) is 5.82 Å².